The Morgan fingerprint density at radius 1 is 1.28 bits per heavy atom. The third kappa shape index (κ3) is 3.87. The van der Waals surface area contributed by atoms with Crippen molar-refractivity contribution < 1.29 is 14.6 Å². The molecule has 1 heterocycles. The van der Waals surface area contributed by atoms with Gasteiger partial charge in [-0.3, -0.25) is 9.89 Å². The van der Waals surface area contributed by atoms with Crippen LogP contribution in [-0.4, -0.2) is 34.9 Å². The van der Waals surface area contributed by atoms with Gasteiger partial charge < -0.3 is 15.2 Å². The molecule has 3 N–H and O–H groups in total. The number of nitrogens with one attached hydrogen (secondary N) is 2. The van der Waals surface area contributed by atoms with Gasteiger partial charge in [0.15, 0.2) is 0 Å². The normalized spacial score (nSPS) is 11.8. The van der Waals surface area contributed by atoms with Crippen molar-refractivity contribution in [2.24, 2.45) is 0 Å². The van der Waals surface area contributed by atoms with E-state index in [1.165, 1.54) is 0 Å². The number of ether oxygens (including phenoxy) is 1. The summed E-state index contributed by atoms with van der Waals surface area (Å²) < 4.78 is 5.38. The van der Waals surface area contributed by atoms with Crippen LogP contribution in [0.1, 0.15) is 22.0 Å². The van der Waals surface area contributed by atoms with E-state index in [1.807, 2.05) is 36.4 Å². The Morgan fingerprint density at radius 3 is 2.76 bits per heavy atom. The number of rotatable bonds is 6. The zero-order valence-corrected chi connectivity index (χ0v) is 13.8. The highest BCUT2D eigenvalue weighted by molar-refractivity contribution is 5.95. The summed E-state index contributed by atoms with van der Waals surface area (Å²) in [5.74, 6) is 0.310. The fourth-order valence-electron chi connectivity index (χ4n) is 2.55. The van der Waals surface area contributed by atoms with E-state index in [2.05, 4.69) is 15.5 Å². The second kappa shape index (κ2) is 7.63. The van der Waals surface area contributed by atoms with E-state index in [0.717, 1.165) is 16.7 Å². The lowest BCUT2D eigenvalue weighted by atomic mass is 10.0. The Hall–Kier alpha value is -3.12. The first-order valence-corrected chi connectivity index (χ1v) is 7.87. The number of aromatic amines is 1. The molecule has 0 bridgehead atoms. The van der Waals surface area contributed by atoms with Crippen molar-refractivity contribution in [3.05, 3.63) is 72.1 Å². The molecule has 0 aliphatic carbocycles. The molecule has 0 saturated carbocycles. The van der Waals surface area contributed by atoms with Crippen LogP contribution in [0.2, 0.25) is 0 Å². The molecule has 128 valence electrons. The summed E-state index contributed by atoms with van der Waals surface area (Å²) in [5.41, 5.74) is 2.94. The molecule has 2 aromatic carbocycles. The first-order valence-electron chi connectivity index (χ1n) is 7.87. The predicted molar refractivity (Wildman–Crippen MR) is 94.3 cm³/mol. The summed E-state index contributed by atoms with van der Waals surface area (Å²) in [4.78, 5) is 12.4. The van der Waals surface area contributed by atoms with E-state index in [1.54, 1.807) is 31.6 Å². The first-order chi connectivity index (χ1) is 12.2. The Kier molecular flexibility index (Phi) is 5.11. The maximum absolute atomic E-state index is 12.4. The smallest absolute Gasteiger partial charge is 0.251 e. The number of aliphatic hydroxyl groups is 1. The van der Waals surface area contributed by atoms with Crippen LogP contribution in [0.3, 0.4) is 0 Å². The Bertz CT molecular complexity index is 832. The molecule has 6 nitrogen and oxygen atoms in total. The number of carbonyl (C=O) groups is 1. The van der Waals surface area contributed by atoms with E-state index in [9.17, 15) is 9.90 Å². The third-order valence-corrected chi connectivity index (χ3v) is 3.91. The molecular formula is C19H19N3O3. The van der Waals surface area contributed by atoms with Crippen LogP contribution in [-0.2, 0) is 0 Å². The monoisotopic (exact) mass is 337 g/mol. The van der Waals surface area contributed by atoms with Crippen LogP contribution >= 0.6 is 0 Å². The molecule has 0 unspecified atom stereocenters. The van der Waals surface area contributed by atoms with Gasteiger partial charge in [-0.25, -0.2) is 0 Å². The number of benzene rings is 2. The van der Waals surface area contributed by atoms with Gasteiger partial charge in [0.25, 0.3) is 5.91 Å². The number of nitrogens with zero attached hydrogens (tertiary/aromatic N) is 1. The number of methoxy groups -OCH3 is 1. The lowest BCUT2D eigenvalue weighted by molar-refractivity contribution is 0.0916. The van der Waals surface area contributed by atoms with Crippen molar-refractivity contribution in [2.75, 3.05) is 13.7 Å². The van der Waals surface area contributed by atoms with Gasteiger partial charge in [0.1, 0.15) is 5.75 Å². The summed E-state index contributed by atoms with van der Waals surface area (Å²) >= 11 is 0. The zero-order valence-electron chi connectivity index (χ0n) is 13.8. The van der Waals surface area contributed by atoms with Crippen LogP contribution < -0.4 is 10.1 Å². The highest BCUT2D eigenvalue weighted by atomic mass is 16.5. The minimum Gasteiger partial charge on any atom is -0.496 e. The minimum absolute atomic E-state index is 0.134. The second-order valence-electron chi connectivity index (χ2n) is 5.54. The highest BCUT2D eigenvalue weighted by Gasteiger charge is 2.14. The fraction of sp³-hybridized carbons (Fsp3) is 0.158. The van der Waals surface area contributed by atoms with Crippen molar-refractivity contribution in [1.29, 1.82) is 0 Å². The number of amides is 1. The Labute approximate surface area is 145 Å². The maximum atomic E-state index is 12.4. The minimum atomic E-state index is -0.753. The van der Waals surface area contributed by atoms with Crippen molar-refractivity contribution in [2.45, 2.75) is 6.10 Å². The summed E-state index contributed by atoms with van der Waals surface area (Å²) in [6.07, 6.45) is 2.69. The number of hydrogen-bond acceptors (Lipinski definition) is 4. The largest absolute Gasteiger partial charge is 0.496 e. The molecule has 3 aromatic rings. The van der Waals surface area contributed by atoms with Crippen LogP contribution in [0.25, 0.3) is 11.1 Å². The third-order valence-electron chi connectivity index (χ3n) is 3.91. The molecule has 6 heteroatoms. The lowest BCUT2D eigenvalue weighted by Crippen LogP contribution is -2.28. The summed E-state index contributed by atoms with van der Waals surface area (Å²) in [6.45, 7) is 0.134. The lowest BCUT2D eigenvalue weighted by Gasteiger charge is -2.13. The van der Waals surface area contributed by atoms with Crippen LogP contribution in [0.5, 0.6) is 5.75 Å². The summed E-state index contributed by atoms with van der Waals surface area (Å²) in [5, 5.41) is 19.6. The van der Waals surface area contributed by atoms with Gasteiger partial charge >= 0.3 is 0 Å². The summed E-state index contributed by atoms with van der Waals surface area (Å²) in [7, 11) is 1.56. The van der Waals surface area contributed by atoms with Gasteiger partial charge in [-0.1, -0.05) is 30.3 Å². The molecule has 1 aromatic heterocycles. The van der Waals surface area contributed by atoms with E-state index < -0.39 is 6.10 Å². The van der Waals surface area contributed by atoms with Crippen LogP contribution in [0, 0.1) is 0 Å². The van der Waals surface area contributed by atoms with Crippen molar-refractivity contribution >= 4 is 5.91 Å². The molecule has 0 saturated heterocycles. The van der Waals surface area contributed by atoms with Crippen molar-refractivity contribution in [3.63, 3.8) is 0 Å². The molecule has 1 amide bonds. The Balaban J connectivity index is 1.70. The van der Waals surface area contributed by atoms with E-state index in [0.29, 0.717) is 11.3 Å². The maximum Gasteiger partial charge on any atom is 0.251 e. The van der Waals surface area contributed by atoms with Gasteiger partial charge in [0.2, 0.25) is 0 Å². The van der Waals surface area contributed by atoms with E-state index >= 15 is 0 Å². The summed E-state index contributed by atoms with van der Waals surface area (Å²) in [6, 6.07) is 14.4. The zero-order chi connectivity index (χ0) is 17.6. The average Bonchev–Trinajstić information content (AvgIpc) is 3.20. The quantitative estimate of drug-likeness (QED) is 0.645. The van der Waals surface area contributed by atoms with Gasteiger partial charge in [0.05, 0.1) is 19.4 Å². The number of aromatic nitrogens is 2. The van der Waals surface area contributed by atoms with E-state index in [-0.39, 0.29) is 12.5 Å². The molecule has 0 spiro atoms. The molecule has 1 atom stereocenters. The molecule has 0 fully saturated rings. The van der Waals surface area contributed by atoms with Gasteiger partial charge in [-0.2, -0.15) is 5.10 Å². The molecule has 0 aliphatic rings. The van der Waals surface area contributed by atoms with Crippen LogP contribution in [0.15, 0.2) is 60.9 Å². The van der Waals surface area contributed by atoms with Crippen molar-refractivity contribution in [3.8, 4) is 16.9 Å². The Morgan fingerprint density at radius 2 is 2.08 bits per heavy atom. The molecule has 3 rings (SSSR count). The number of carbonyl (C=O) groups excluding carboxylic acids is 1. The second-order valence-corrected chi connectivity index (χ2v) is 5.54. The fourth-order valence-corrected chi connectivity index (χ4v) is 2.55. The molecule has 0 radical (unpaired) electrons. The van der Waals surface area contributed by atoms with Gasteiger partial charge in [-0.05, 0) is 23.8 Å². The number of H-pyrrole nitrogens is 1. The van der Waals surface area contributed by atoms with Crippen molar-refractivity contribution in [1.82, 2.24) is 15.5 Å². The average molecular weight is 337 g/mol. The molecule has 25 heavy (non-hydrogen) atoms. The first kappa shape index (κ1) is 16.7. The van der Waals surface area contributed by atoms with Gasteiger partial charge in [0, 0.05) is 29.4 Å². The number of aliphatic hydroxyl groups excluding tert-OH is 1. The topological polar surface area (TPSA) is 87.2 Å². The predicted octanol–water partition coefficient (Wildman–Crippen LogP) is 2.55. The molecular weight excluding hydrogens is 318 g/mol. The molecule has 0 aliphatic heterocycles. The number of hydrogen-bond donors (Lipinski definition) is 3. The highest BCUT2D eigenvalue weighted by Crippen LogP contribution is 2.30. The standard InChI is InChI=1S/C19H19N3O3/c1-25-18-9-14(7-8-16(18)15-10-21-22-11-15)19(24)20-12-17(23)13-5-3-2-4-6-13/h2-11,17,23H,12H2,1H3,(H,20,24)(H,21,22)/t17-/m1/s1. The van der Waals surface area contributed by atoms with E-state index in [4.69, 9.17) is 4.74 Å². The SMILES string of the molecule is COc1cc(C(=O)NC[C@@H](O)c2ccccc2)ccc1-c1cn[nH]c1. The van der Waals surface area contributed by atoms with Crippen LogP contribution in [0.4, 0.5) is 0 Å². The van der Waals surface area contributed by atoms with Gasteiger partial charge in [-0.15, -0.1) is 0 Å².